The number of aryl methyl sites for hydroxylation is 1. The molecule has 1 saturated heterocycles. The van der Waals surface area contributed by atoms with Crippen molar-refractivity contribution in [3.8, 4) is 0 Å². The zero-order chi connectivity index (χ0) is 17.1. The van der Waals surface area contributed by atoms with E-state index in [0.29, 0.717) is 32.5 Å². The summed E-state index contributed by atoms with van der Waals surface area (Å²) < 4.78 is 5.73. The number of rotatable bonds is 4. The molecule has 1 N–H and O–H groups in total. The van der Waals surface area contributed by atoms with Gasteiger partial charge in [-0.1, -0.05) is 12.1 Å². The summed E-state index contributed by atoms with van der Waals surface area (Å²) in [5, 5.41) is 0. The molecule has 4 rings (SSSR count). The van der Waals surface area contributed by atoms with Gasteiger partial charge in [-0.25, -0.2) is 4.98 Å². The zero-order valence-corrected chi connectivity index (χ0v) is 13.8. The van der Waals surface area contributed by atoms with Crippen molar-refractivity contribution in [2.45, 2.75) is 18.9 Å². The van der Waals surface area contributed by atoms with Gasteiger partial charge in [-0.2, -0.15) is 0 Å². The van der Waals surface area contributed by atoms with Crippen LogP contribution in [0.4, 0.5) is 0 Å². The Morgan fingerprint density at radius 3 is 3.08 bits per heavy atom. The van der Waals surface area contributed by atoms with E-state index in [1.54, 1.807) is 18.6 Å². The van der Waals surface area contributed by atoms with Gasteiger partial charge in [0.25, 0.3) is 0 Å². The lowest BCUT2D eigenvalue weighted by Crippen LogP contribution is -2.42. The first-order valence-electron chi connectivity index (χ1n) is 8.38. The topological polar surface area (TPSA) is 84.0 Å². The van der Waals surface area contributed by atoms with Gasteiger partial charge in [0, 0.05) is 31.8 Å². The molecule has 1 fully saturated rings. The number of imidazole rings is 1. The summed E-state index contributed by atoms with van der Waals surface area (Å²) in [5.74, 6) is 0.950. The summed E-state index contributed by atoms with van der Waals surface area (Å²) in [6.45, 7) is 1.63. The average molecular weight is 337 g/mol. The largest absolute Gasteiger partial charge is 0.368 e. The van der Waals surface area contributed by atoms with E-state index >= 15 is 0 Å². The van der Waals surface area contributed by atoms with Gasteiger partial charge in [0.1, 0.15) is 11.9 Å². The number of benzene rings is 1. The number of ether oxygens (including phenoxy) is 1. The van der Waals surface area contributed by atoms with E-state index in [0.717, 1.165) is 22.6 Å². The number of nitrogens with one attached hydrogen (secondary N) is 1. The smallest absolute Gasteiger partial charge is 0.223 e. The summed E-state index contributed by atoms with van der Waals surface area (Å²) in [7, 11) is 0. The first kappa shape index (κ1) is 15.7. The Labute approximate surface area is 145 Å². The Balaban J connectivity index is 1.37. The monoisotopic (exact) mass is 337 g/mol. The van der Waals surface area contributed by atoms with E-state index in [9.17, 15) is 4.79 Å². The minimum Gasteiger partial charge on any atom is -0.368 e. The van der Waals surface area contributed by atoms with Gasteiger partial charge in [-0.3, -0.25) is 14.8 Å². The summed E-state index contributed by atoms with van der Waals surface area (Å²) in [6.07, 6.45) is 5.77. The van der Waals surface area contributed by atoms with Crippen molar-refractivity contribution in [3.05, 3.63) is 54.4 Å². The molecule has 1 aliphatic rings. The van der Waals surface area contributed by atoms with Crippen molar-refractivity contribution < 1.29 is 9.53 Å². The highest BCUT2D eigenvalue weighted by Gasteiger charge is 2.26. The number of nitrogens with zero attached hydrogens (tertiary/aromatic N) is 4. The number of hydrogen-bond acceptors (Lipinski definition) is 5. The number of para-hydroxylation sites is 2. The molecule has 7 nitrogen and oxygen atoms in total. The third-order valence-electron chi connectivity index (χ3n) is 4.35. The van der Waals surface area contributed by atoms with Crippen LogP contribution in [-0.2, 0) is 16.0 Å². The van der Waals surface area contributed by atoms with Crippen molar-refractivity contribution >= 4 is 16.9 Å². The molecule has 0 saturated carbocycles. The van der Waals surface area contributed by atoms with Crippen LogP contribution in [0, 0.1) is 0 Å². The molecule has 1 amide bonds. The molecule has 7 heteroatoms. The number of fused-ring (bicyclic) bond motifs is 1. The van der Waals surface area contributed by atoms with Crippen molar-refractivity contribution in [2.24, 2.45) is 0 Å². The third-order valence-corrected chi connectivity index (χ3v) is 4.35. The molecule has 3 heterocycles. The van der Waals surface area contributed by atoms with E-state index in [-0.39, 0.29) is 12.0 Å². The minimum atomic E-state index is -0.211. The first-order valence-corrected chi connectivity index (χ1v) is 8.38. The maximum Gasteiger partial charge on any atom is 0.223 e. The molecule has 1 unspecified atom stereocenters. The molecule has 2 aromatic heterocycles. The molecule has 3 aromatic rings. The van der Waals surface area contributed by atoms with Gasteiger partial charge in [0.15, 0.2) is 0 Å². The lowest BCUT2D eigenvalue weighted by atomic mass is 10.2. The predicted octanol–water partition coefficient (Wildman–Crippen LogP) is 1.89. The Bertz CT molecular complexity index is 831. The van der Waals surface area contributed by atoms with Crippen LogP contribution < -0.4 is 0 Å². The SMILES string of the molecule is O=C(CCc1nc2ccccc2[nH]1)N1CCOC(c2cnccn2)C1. The fourth-order valence-electron chi connectivity index (χ4n) is 3.04. The number of H-pyrrole nitrogens is 1. The normalized spacial score (nSPS) is 17.8. The highest BCUT2D eigenvalue weighted by molar-refractivity contribution is 5.77. The van der Waals surface area contributed by atoms with E-state index in [2.05, 4.69) is 19.9 Å². The number of hydrogen-bond donors (Lipinski definition) is 1. The second-order valence-corrected chi connectivity index (χ2v) is 6.03. The molecule has 0 aliphatic carbocycles. The van der Waals surface area contributed by atoms with Crippen molar-refractivity contribution in [1.29, 1.82) is 0 Å². The van der Waals surface area contributed by atoms with Crippen molar-refractivity contribution in [1.82, 2.24) is 24.8 Å². The van der Waals surface area contributed by atoms with Crippen LogP contribution in [0.5, 0.6) is 0 Å². The minimum absolute atomic E-state index is 0.109. The summed E-state index contributed by atoms with van der Waals surface area (Å²) in [5.41, 5.74) is 2.69. The van der Waals surface area contributed by atoms with Crippen LogP contribution in [-0.4, -0.2) is 50.4 Å². The fourth-order valence-corrected chi connectivity index (χ4v) is 3.04. The third kappa shape index (κ3) is 3.51. The lowest BCUT2D eigenvalue weighted by Gasteiger charge is -2.32. The van der Waals surface area contributed by atoms with Crippen LogP contribution in [0.15, 0.2) is 42.9 Å². The van der Waals surface area contributed by atoms with Gasteiger partial charge in [-0.05, 0) is 12.1 Å². The highest BCUT2D eigenvalue weighted by atomic mass is 16.5. The van der Waals surface area contributed by atoms with Crippen LogP contribution in [0.3, 0.4) is 0 Å². The van der Waals surface area contributed by atoms with Crippen LogP contribution >= 0.6 is 0 Å². The van der Waals surface area contributed by atoms with Gasteiger partial charge in [0.05, 0.1) is 36.1 Å². The van der Waals surface area contributed by atoms with Crippen LogP contribution in [0.25, 0.3) is 11.0 Å². The van der Waals surface area contributed by atoms with Crippen LogP contribution in [0.1, 0.15) is 24.0 Å². The molecule has 0 bridgehead atoms. The average Bonchev–Trinajstić information content (AvgIpc) is 3.10. The van der Waals surface area contributed by atoms with Gasteiger partial charge in [0.2, 0.25) is 5.91 Å². The standard InChI is InChI=1S/C18H19N5O2/c24-18(6-5-17-21-13-3-1-2-4-14(13)22-17)23-9-10-25-16(12-23)15-11-19-7-8-20-15/h1-4,7-8,11,16H,5-6,9-10,12H2,(H,21,22). The molecular weight excluding hydrogens is 318 g/mol. The van der Waals surface area contributed by atoms with E-state index in [1.165, 1.54) is 0 Å². The number of carbonyl (C=O) groups is 1. The number of amides is 1. The lowest BCUT2D eigenvalue weighted by molar-refractivity contribution is -0.139. The maximum absolute atomic E-state index is 12.6. The Morgan fingerprint density at radius 1 is 1.32 bits per heavy atom. The molecule has 1 aliphatic heterocycles. The zero-order valence-electron chi connectivity index (χ0n) is 13.8. The molecule has 128 valence electrons. The molecule has 0 spiro atoms. The molecule has 0 radical (unpaired) electrons. The second-order valence-electron chi connectivity index (χ2n) is 6.03. The predicted molar refractivity (Wildman–Crippen MR) is 91.7 cm³/mol. The Morgan fingerprint density at radius 2 is 2.24 bits per heavy atom. The van der Waals surface area contributed by atoms with Crippen LogP contribution in [0.2, 0.25) is 0 Å². The van der Waals surface area contributed by atoms with Gasteiger partial charge < -0.3 is 14.6 Å². The number of aromatic nitrogens is 4. The second kappa shape index (κ2) is 6.98. The molecular formula is C18H19N5O2. The number of morpholine rings is 1. The maximum atomic E-state index is 12.6. The number of aromatic amines is 1. The molecule has 25 heavy (non-hydrogen) atoms. The molecule has 1 atom stereocenters. The highest BCUT2D eigenvalue weighted by Crippen LogP contribution is 2.20. The molecule has 1 aromatic carbocycles. The Hall–Kier alpha value is -2.80. The Kier molecular flexibility index (Phi) is 4.39. The van der Waals surface area contributed by atoms with Gasteiger partial charge in [-0.15, -0.1) is 0 Å². The van der Waals surface area contributed by atoms with E-state index in [1.807, 2.05) is 29.2 Å². The summed E-state index contributed by atoms with van der Waals surface area (Å²) in [6, 6.07) is 7.87. The first-order chi connectivity index (χ1) is 12.3. The summed E-state index contributed by atoms with van der Waals surface area (Å²) >= 11 is 0. The van der Waals surface area contributed by atoms with Gasteiger partial charge >= 0.3 is 0 Å². The summed E-state index contributed by atoms with van der Waals surface area (Å²) in [4.78, 5) is 30.5. The van der Waals surface area contributed by atoms with Crippen molar-refractivity contribution in [3.63, 3.8) is 0 Å². The fraction of sp³-hybridized carbons (Fsp3) is 0.333. The number of carbonyl (C=O) groups excluding carboxylic acids is 1. The quantitative estimate of drug-likeness (QED) is 0.786. The van der Waals surface area contributed by atoms with E-state index in [4.69, 9.17) is 4.74 Å². The van der Waals surface area contributed by atoms with E-state index < -0.39 is 0 Å². The van der Waals surface area contributed by atoms with Crippen molar-refractivity contribution in [2.75, 3.05) is 19.7 Å².